The molecular weight excluding hydrogens is 282 g/mol. The average Bonchev–Trinajstić information content (AvgIpc) is 1.99. The molecule has 0 saturated heterocycles. The van der Waals surface area contributed by atoms with Crippen LogP contribution in [0.15, 0.2) is 0 Å². The summed E-state index contributed by atoms with van der Waals surface area (Å²) in [5, 5.41) is 9.88. The Morgan fingerprint density at radius 1 is 1.24 bits per heavy atom. The van der Waals surface area contributed by atoms with Crippen molar-refractivity contribution >= 4 is 23.6 Å². The summed E-state index contributed by atoms with van der Waals surface area (Å²) < 4.78 is 2.04. The molecule has 0 saturated carbocycles. The van der Waals surface area contributed by atoms with Gasteiger partial charge in [-0.3, -0.25) is 0 Å². The van der Waals surface area contributed by atoms with Gasteiger partial charge in [0.2, 0.25) is 0 Å². The van der Waals surface area contributed by atoms with Crippen LogP contribution in [-0.4, -0.2) is 52.9 Å². The minimum Gasteiger partial charge on any atom is -1.00 e. The van der Waals surface area contributed by atoms with Gasteiger partial charge in [0.15, 0.2) is 0 Å². The van der Waals surface area contributed by atoms with Gasteiger partial charge in [0.05, 0.1) is 33.8 Å². The monoisotopic (exact) mass is 306 g/mol. The van der Waals surface area contributed by atoms with Crippen LogP contribution in [0.25, 0.3) is 0 Å². The molecule has 0 heterocycles. The maximum atomic E-state index is 9.88. The highest BCUT2D eigenvalue weighted by atomic mass is 35.5. The van der Waals surface area contributed by atoms with Crippen LogP contribution in [0.4, 0.5) is 0 Å². The van der Waals surface area contributed by atoms with E-state index < -0.39 is 0 Å². The van der Waals surface area contributed by atoms with E-state index in [0.29, 0.717) is 6.42 Å². The van der Waals surface area contributed by atoms with Crippen LogP contribution in [-0.2, 0) is 0 Å². The summed E-state index contributed by atoms with van der Waals surface area (Å²) in [6.07, 6.45) is 2.03. The van der Waals surface area contributed by atoms with Crippen molar-refractivity contribution in [2.24, 2.45) is 0 Å². The third-order valence-electron chi connectivity index (χ3n) is 2.56. The summed E-state index contributed by atoms with van der Waals surface area (Å²) in [6.45, 7) is 4.88. The van der Waals surface area contributed by atoms with Crippen molar-refractivity contribution in [3.63, 3.8) is 0 Å². The Morgan fingerprint density at radius 2 is 1.71 bits per heavy atom. The zero-order valence-corrected chi connectivity index (χ0v) is 13.6. The first kappa shape index (κ1) is 20.1. The second kappa shape index (κ2) is 8.03. The number of nitrogens with zero attached hydrogens (tertiary/aromatic N) is 2. The Bertz CT molecular complexity index is 205. The number of rotatable bonds is 7. The number of halogens is 3. The first-order valence-corrected chi connectivity index (χ1v) is 6.32. The second-order valence-electron chi connectivity index (χ2n) is 6.06. The van der Waals surface area contributed by atoms with E-state index in [0.717, 1.165) is 27.8 Å². The molecule has 0 aliphatic heterocycles. The van der Waals surface area contributed by atoms with Gasteiger partial charge in [0.1, 0.15) is 0 Å². The molecule has 1 N–H and O–H groups in total. The average molecular weight is 308 g/mol. The maximum Gasteiger partial charge on any atom is 0.0781 e. The van der Waals surface area contributed by atoms with Crippen molar-refractivity contribution in [3.8, 4) is 0 Å². The van der Waals surface area contributed by atoms with Gasteiger partial charge in [-0.15, -0.1) is 3.94 Å². The fraction of sp³-hybridized carbons (Fsp3) is 1.00. The van der Waals surface area contributed by atoms with Crippen molar-refractivity contribution in [1.82, 2.24) is 3.94 Å². The number of hydrogen-bond donors (Lipinski definition) is 1. The first-order chi connectivity index (χ1) is 7.04. The minimum atomic E-state index is -0.390. The molecule has 0 aromatic rings. The first-order valence-electron chi connectivity index (χ1n) is 5.65. The molecule has 0 amide bonds. The summed E-state index contributed by atoms with van der Waals surface area (Å²) in [5.41, 5.74) is -0.390. The summed E-state index contributed by atoms with van der Waals surface area (Å²) in [5.74, 6) is 0. The predicted molar refractivity (Wildman–Crippen MR) is 70.4 cm³/mol. The molecular formula is C11H25Cl3N2O. The van der Waals surface area contributed by atoms with E-state index in [4.69, 9.17) is 23.6 Å². The summed E-state index contributed by atoms with van der Waals surface area (Å²) in [4.78, 5) is 0. The fourth-order valence-electron chi connectivity index (χ4n) is 1.55. The van der Waals surface area contributed by atoms with E-state index >= 15 is 0 Å². The zero-order valence-electron chi connectivity index (χ0n) is 11.4. The van der Waals surface area contributed by atoms with Crippen LogP contribution in [0.3, 0.4) is 0 Å². The Labute approximate surface area is 122 Å². The van der Waals surface area contributed by atoms with Gasteiger partial charge in [-0.2, -0.15) is 0 Å². The lowest BCUT2D eigenvalue weighted by Crippen LogP contribution is -3.00. The van der Waals surface area contributed by atoms with Gasteiger partial charge in [-0.1, -0.05) is 0 Å². The maximum absolute atomic E-state index is 9.88. The lowest BCUT2D eigenvalue weighted by atomic mass is 9.95. The Balaban J connectivity index is 0. The molecule has 106 valence electrons. The van der Waals surface area contributed by atoms with Crippen molar-refractivity contribution < 1.29 is 22.0 Å². The van der Waals surface area contributed by atoms with Gasteiger partial charge in [-0.05, 0) is 56.7 Å². The highest BCUT2D eigenvalue weighted by Gasteiger charge is 2.27. The Kier molecular flexibility index (Phi) is 9.48. The lowest BCUT2D eigenvalue weighted by Gasteiger charge is -2.30. The van der Waals surface area contributed by atoms with Gasteiger partial charge in [0.25, 0.3) is 0 Å². The van der Waals surface area contributed by atoms with E-state index in [1.54, 1.807) is 0 Å². The van der Waals surface area contributed by atoms with E-state index in [9.17, 15) is 5.11 Å². The van der Waals surface area contributed by atoms with Crippen LogP contribution in [0.2, 0.25) is 0 Å². The lowest BCUT2D eigenvalue weighted by molar-refractivity contribution is -0.870. The smallest absolute Gasteiger partial charge is 0.0781 e. The number of aliphatic hydroxyl groups is 1. The second-order valence-corrected chi connectivity index (χ2v) is 6.91. The Hall–Kier alpha value is 0.750. The summed E-state index contributed by atoms with van der Waals surface area (Å²) in [7, 11) is 6.45. The van der Waals surface area contributed by atoms with Crippen molar-refractivity contribution in [1.29, 1.82) is 0 Å². The van der Waals surface area contributed by atoms with Gasteiger partial charge in [-0.25, -0.2) is 0 Å². The van der Waals surface area contributed by atoms with E-state index in [2.05, 4.69) is 21.1 Å². The number of hydrogen-bond acceptors (Lipinski definition) is 2. The van der Waals surface area contributed by atoms with Crippen LogP contribution >= 0.6 is 23.6 Å². The van der Waals surface area contributed by atoms with Crippen molar-refractivity contribution in [2.75, 3.05) is 27.7 Å². The van der Waals surface area contributed by atoms with E-state index in [1.807, 2.05) is 13.8 Å². The van der Waals surface area contributed by atoms with Crippen LogP contribution < -0.4 is 12.4 Å². The van der Waals surface area contributed by atoms with Crippen LogP contribution in [0, 0.1) is 0 Å². The SMILES string of the molecule is CC(C)(CC(O)CCC[N+](C)(C)C)N(Cl)Cl.[Cl-]. The standard InChI is InChI=1S/C11H25Cl2N2O.ClH/c1-11(2,14(12)13)9-10(16)7-6-8-15(3,4)5;/h10,16H,6-9H2,1-5H3;1H/q+1;/p-1. The number of quaternary nitrogens is 1. The molecule has 6 heteroatoms. The van der Waals surface area contributed by atoms with E-state index in [-0.39, 0.29) is 24.0 Å². The molecule has 0 spiro atoms. The van der Waals surface area contributed by atoms with Crippen molar-refractivity contribution in [2.45, 2.75) is 44.8 Å². The molecule has 0 aliphatic carbocycles. The molecule has 1 atom stereocenters. The van der Waals surface area contributed by atoms with Crippen LogP contribution in [0.5, 0.6) is 0 Å². The molecule has 0 bridgehead atoms. The quantitative estimate of drug-likeness (QED) is 0.512. The highest BCUT2D eigenvalue weighted by Crippen LogP contribution is 2.26. The molecule has 0 rings (SSSR count). The highest BCUT2D eigenvalue weighted by molar-refractivity contribution is 6.34. The van der Waals surface area contributed by atoms with Gasteiger partial charge >= 0.3 is 0 Å². The molecule has 0 fully saturated rings. The normalized spacial score (nSPS) is 14.6. The molecule has 17 heavy (non-hydrogen) atoms. The predicted octanol–water partition coefficient (Wildman–Crippen LogP) is -0.384. The fourth-order valence-corrected chi connectivity index (χ4v) is 1.69. The number of aliphatic hydroxyl groups excluding tert-OH is 1. The summed E-state index contributed by atoms with van der Waals surface area (Å²) in [6, 6.07) is 0. The minimum absolute atomic E-state index is 0. The summed E-state index contributed by atoms with van der Waals surface area (Å²) >= 11 is 11.4. The van der Waals surface area contributed by atoms with Crippen molar-refractivity contribution in [3.05, 3.63) is 0 Å². The molecule has 0 aromatic heterocycles. The third kappa shape index (κ3) is 10.4. The zero-order chi connectivity index (χ0) is 13.0. The van der Waals surface area contributed by atoms with Crippen LogP contribution in [0.1, 0.15) is 33.1 Å². The molecule has 0 aliphatic rings. The molecule has 0 aromatic carbocycles. The third-order valence-corrected chi connectivity index (χ3v) is 3.47. The van der Waals surface area contributed by atoms with Gasteiger partial charge in [0, 0.05) is 5.54 Å². The largest absolute Gasteiger partial charge is 1.00 e. The van der Waals surface area contributed by atoms with E-state index in [1.165, 1.54) is 0 Å². The topological polar surface area (TPSA) is 23.5 Å². The molecule has 1 unspecified atom stereocenters. The Morgan fingerprint density at radius 3 is 2.06 bits per heavy atom. The molecule has 0 radical (unpaired) electrons. The molecule has 3 nitrogen and oxygen atoms in total. The van der Waals surface area contributed by atoms with Gasteiger partial charge < -0.3 is 22.0 Å².